The van der Waals surface area contributed by atoms with E-state index < -0.39 is 27.8 Å². The van der Waals surface area contributed by atoms with E-state index in [2.05, 4.69) is 10.2 Å². The Morgan fingerprint density at radius 1 is 1.16 bits per heavy atom. The molecule has 9 heteroatoms. The van der Waals surface area contributed by atoms with E-state index in [0.29, 0.717) is 0 Å². The van der Waals surface area contributed by atoms with Gasteiger partial charge in [0.05, 0.1) is 25.2 Å². The minimum absolute atomic E-state index is 0.109. The average molecular weight is 450 g/mol. The Morgan fingerprint density at radius 3 is 2.52 bits per heavy atom. The number of carbonyl (C=O) groups excluding carboxylic acids is 1. The molecule has 0 aliphatic carbocycles. The van der Waals surface area contributed by atoms with Crippen molar-refractivity contribution in [2.24, 2.45) is 0 Å². The molecule has 0 saturated carbocycles. The molecule has 168 valence electrons. The van der Waals surface area contributed by atoms with Gasteiger partial charge >= 0.3 is 0 Å². The zero-order valence-corrected chi connectivity index (χ0v) is 18.6. The number of amides is 1. The number of hydrogen-bond donors (Lipinski definition) is 1. The molecule has 1 atom stereocenters. The van der Waals surface area contributed by atoms with E-state index in [9.17, 15) is 17.6 Å². The first-order valence-corrected chi connectivity index (χ1v) is 12.0. The maximum atomic E-state index is 13.6. The summed E-state index contributed by atoms with van der Waals surface area (Å²) in [4.78, 5) is 15.0. The van der Waals surface area contributed by atoms with Gasteiger partial charge < -0.3 is 10.1 Å². The lowest BCUT2D eigenvalue weighted by molar-refractivity contribution is -0.122. The molecule has 0 radical (unpaired) electrons. The largest absolute Gasteiger partial charge is 0.379 e. The van der Waals surface area contributed by atoms with Gasteiger partial charge in [0.1, 0.15) is 11.9 Å². The van der Waals surface area contributed by atoms with Gasteiger partial charge in [-0.2, -0.15) is 0 Å². The van der Waals surface area contributed by atoms with E-state index in [4.69, 9.17) is 4.74 Å². The number of morpholine rings is 1. The van der Waals surface area contributed by atoms with Crippen molar-refractivity contribution in [3.05, 3.63) is 65.5 Å². The Labute approximate surface area is 182 Å². The fourth-order valence-corrected chi connectivity index (χ4v) is 4.78. The Morgan fingerprint density at radius 2 is 1.84 bits per heavy atom. The molecule has 0 spiro atoms. The lowest BCUT2D eigenvalue weighted by atomic mass is 10.1. The van der Waals surface area contributed by atoms with Crippen LogP contribution in [0.15, 0.2) is 48.5 Å². The third-order valence-electron chi connectivity index (χ3n) is 5.12. The lowest BCUT2D eigenvalue weighted by Gasteiger charge is -2.28. The molecule has 1 amide bonds. The van der Waals surface area contributed by atoms with Gasteiger partial charge in [0.15, 0.2) is 0 Å². The summed E-state index contributed by atoms with van der Waals surface area (Å²) in [5, 5.41) is 2.79. The maximum Gasteiger partial charge on any atom is 0.243 e. The second-order valence-electron chi connectivity index (χ2n) is 7.64. The van der Waals surface area contributed by atoms with Crippen molar-refractivity contribution in [1.29, 1.82) is 0 Å². The third-order valence-corrected chi connectivity index (χ3v) is 6.36. The molecular weight excluding hydrogens is 421 g/mol. The second kappa shape index (κ2) is 10.2. The molecule has 0 bridgehead atoms. The van der Waals surface area contributed by atoms with Gasteiger partial charge in [0.2, 0.25) is 15.9 Å². The molecule has 1 aliphatic rings. The SMILES string of the molecule is C[C@H](C(=O)NCc1cccc(CN2CCOCC2)c1)N(c1cccc(F)c1)S(C)(=O)=O. The Kier molecular flexibility index (Phi) is 7.64. The summed E-state index contributed by atoms with van der Waals surface area (Å²) in [5.74, 6) is -1.04. The predicted octanol–water partition coefficient (Wildman–Crippen LogP) is 2.13. The highest BCUT2D eigenvalue weighted by Crippen LogP contribution is 2.21. The van der Waals surface area contributed by atoms with Crippen molar-refractivity contribution in [2.45, 2.75) is 26.1 Å². The number of nitrogens with zero attached hydrogens (tertiary/aromatic N) is 2. The zero-order chi connectivity index (χ0) is 22.4. The Bertz CT molecular complexity index is 1010. The van der Waals surface area contributed by atoms with Gasteiger partial charge in [0.25, 0.3) is 0 Å². The topological polar surface area (TPSA) is 79.0 Å². The van der Waals surface area contributed by atoms with Crippen LogP contribution in [0, 0.1) is 5.82 Å². The number of ether oxygens (including phenoxy) is 1. The number of carbonyl (C=O) groups is 1. The molecule has 1 N–H and O–H groups in total. The minimum atomic E-state index is -3.79. The van der Waals surface area contributed by atoms with Crippen LogP contribution in [0.5, 0.6) is 0 Å². The van der Waals surface area contributed by atoms with E-state index in [1.807, 2.05) is 24.3 Å². The quantitative estimate of drug-likeness (QED) is 0.668. The van der Waals surface area contributed by atoms with E-state index in [-0.39, 0.29) is 12.2 Å². The molecule has 2 aromatic rings. The highest BCUT2D eigenvalue weighted by Gasteiger charge is 2.29. The molecule has 1 heterocycles. The van der Waals surface area contributed by atoms with Crippen molar-refractivity contribution in [3.8, 4) is 0 Å². The first-order valence-electron chi connectivity index (χ1n) is 10.1. The molecule has 1 fully saturated rings. The molecule has 1 saturated heterocycles. The van der Waals surface area contributed by atoms with Crippen molar-refractivity contribution in [3.63, 3.8) is 0 Å². The van der Waals surface area contributed by atoms with Crippen LogP contribution < -0.4 is 9.62 Å². The summed E-state index contributed by atoms with van der Waals surface area (Å²) in [5.41, 5.74) is 2.17. The zero-order valence-electron chi connectivity index (χ0n) is 17.8. The molecule has 3 rings (SSSR count). The van der Waals surface area contributed by atoms with Crippen molar-refractivity contribution < 1.29 is 22.3 Å². The van der Waals surface area contributed by atoms with E-state index >= 15 is 0 Å². The van der Waals surface area contributed by atoms with Gasteiger partial charge in [-0.1, -0.05) is 30.3 Å². The first-order chi connectivity index (χ1) is 14.7. The van der Waals surface area contributed by atoms with Crippen LogP contribution in [0.2, 0.25) is 0 Å². The second-order valence-corrected chi connectivity index (χ2v) is 9.50. The highest BCUT2D eigenvalue weighted by molar-refractivity contribution is 7.92. The van der Waals surface area contributed by atoms with Crippen LogP contribution in [-0.2, 0) is 32.6 Å². The molecule has 1 aliphatic heterocycles. The van der Waals surface area contributed by atoms with Crippen LogP contribution in [-0.4, -0.2) is 57.8 Å². The molecule has 0 aromatic heterocycles. The summed E-state index contributed by atoms with van der Waals surface area (Å²) in [7, 11) is -3.79. The molecule has 2 aromatic carbocycles. The lowest BCUT2D eigenvalue weighted by Crippen LogP contribution is -2.47. The fourth-order valence-electron chi connectivity index (χ4n) is 3.61. The Balaban J connectivity index is 1.65. The van der Waals surface area contributed by atoms with Crippen LogP contribution >= 0.6 is 0 Å². The molecule has 31 heavy (non-hydrogen) atoms. The van der Waals surface area contributed by atoms with Gasteiger partial charge in [0, 0.05) is 26.2 Å². The third kappa shape index (κ3) is 6.49. The number of halogens is 1. The minimum Gasteiger partial charge on any atom is -0.379 e. The van der Waals surface area contributed by atoms with Crippen molar-refractivity contribution in [1.82, 2.24) is 10.2 Å². The van der Waals surface area contributed by atoms with Crippen LogP contribution in [0.1, 0.15) is 18.1 Å². The molecule has 7 nitrogen and oxygen atoms in total. The number of nitrogens with one attached hydrogen (secondary N) is 1. The normalized spacial score (nSPS) is 16.0. The summed E-state index contributed by atoms with van der Waals surface area (Å²) < 4.78 is 44.5. The summed E-state index contributed by atoms with van der Waals surface area (Å²) in [6.45, 7) is 5.80. The van der Waals surface area contributed by atoms with Gasteiger partial charge in [-0.15, -0.1) is 0 Å². The van der Waals surface area contributed by atoms with E-state index in [1.165, 1.54) is 25.1 Å². The van der Waals surface area contributed by atoms with Crippen LogP contribution in [0.25, 0.3) is 0 Å². The number of anilines is 1. The van der Waals surface area contributed by atoms with Gasteiger partial charge in [-0.05, 0) is 36.2 Å². The van der Waals surface area contributed by atoms with E-state index in [0.717, 1.165) is 60.6 Å². The monoisotopic (exact) mass is 449 g/mol. The first kappa shape index (κ1) is 23.2. The van der Waals surface area contributed by atoms with Crippen molar-refractivity contribution >= 4 is 21.6 Å². The standard InChI is InChI=1S/C22H28FN3O4S/c1-17(26(31(2,28)29)21-8-4-7-20(23)14-21)22(27)24-15-18-5-3-6-19(13-18)16-25-9-11-30-12-10-25/h3-8,13-14,17H,9-12,15-16H2,1-2H3,(H,24,27)/t17-/m1/s1. The number of rotatable bonds is 8. The highest BCUT2D eigenvalue weighted by atomic mass is 32.2. The van der Waals surface area contributed by atoms with E-state index in [1.54, 1.807) is 0 Å². The fraction of sp³-hybridized carbons (Fsp3) is 0.409. The van der Waals surface area contributed by atoms with Crippen LogP contribution in [0.4, 0.5) is 10.1 Å². The summed E-state index contributed by atoms with van der Waals surface area (Å²) >= 11 is 0. The molecule has 0 unspecified atom stereocenters. The Hall–Kier alpha value is -2.49. The number of benzene rings is 2. The number of sulfonamides is 1. The maximum absolute atomic E-state index is 13.6. The number of hydrogen-bond acceptors (Lipinski definition) is 5. The smallest absolute Gasteiger partial charge is 0.243 e. The van der Waals surface area contributed by atoms with Crippen molar-refractivity contribution in [2.75, 3.05) is 36.9 Å². The predicted molar refractivity (Wildman–Crippen MR) is 118 cm³/mol. The van der Waals surface area contributed by atoms with Crippen LogP contribution in [0.3, 0.4) is 0 Å². The molecular formula is C22H28FN3O4S. The average Bonchev–Trinajstić information content (AvgIpc) is 2.72. The summed E-state index contributed by atoms with van der Waals surface area (Å²) in [6.07, 6.45) is 0.997. The van der Waals surface area contributed by atoms with Gasteiger partial charge in [-0.3, -0.25) is 14.0 Å². The van der Waals surface area contributed by atoms with Gasteiger partial charge in [-0.25, -0.2) is 12.8 Å². The summed E-state index contributed by atoms with van der Waals surface area (Å²) in [6, 6.07) is 12.1.